The molecule has 0 fully saturated rings. The fraction of sp³-hybridized carbons (Fsp3) is 0.238. The third-order valence-electron chi connectivity index (χ3n) is 4.47. The molecule has 3 aromatic rings. The molecule has 0 saturated carbocycles. The zero-order valence-corrected chi connectivity index (χ0v) is 18.3. The molecule has 1 aromatic heterocycles. The first-order valence-corrected chi connectivity index (χ1v) is 9.03. The zero-order valence-electron chi connectivity index (χ0n) is 16.0. The smallest absolute Gasteiger partial charge is 0.319 e. The van der Waals surface area contributed by atoms with Gasteiger partial charge in [-0.2, -0.15) is 8.78 Å². The number of aliphatic imine (C=N–C) groups is 1. The van der Waals surface area contributed by atoms with Crippen molar-refractivity contribution in [1.82, 2.24) is 20.2 Å². The summed E-state index contributed by atoms with van der Waals surface area (Å²) in [5.74, 6) is 0.908. The highest BCUT2D eigenvalue weighted by Gasteiger charge is 2.15. The van der Waals surface area contributed by atoms with Gasteiger partial charge in [0.25, 0.3) is 0 Å². The van der Waals surface area contributed by atoms with E-state index >= 15 is 0 Å². The zero-order chi connectivity index (χ0) is 19.8. The Bertz CT molecular complexity index is 845. The van der Waals surface area contributed by atoms with E-state index in [9.17, 15) is 8.78 Å². The molecule has 29 heavy (non-hydrogen) atoms. The van der Waals surface area contributed by atoms with Crippen LogP contribution in [0.1, 0.15) is 29.4 Å². The predicted molar refractivity (Wildman–Crippen MR) is 122 cm³/mol. The summed E-state index contributed by atoms with van der Waals surface area (Å²) in [6, 6.07) is 20.4. The van der Waals surface area contributed by atoms with E-state index in [1.165, 1.54) is 23.5 Å². The average Bonchev–Trinajstić information content (AvgIpc) is 3.21. The van der Waals surface area contributed by atoms with Crippen LogP contribution in [0.25, 0.3) is 0 Å². The third-order valence-corrected chi connectivity index (χ3v) is 4.47. The van der Waals surface area contributed by atoms with Gasteiger partial charge < -0.3 is 10.6 Å². The van der Waals surface area contributed by atoms with Crippen LogP contribution in [0.4, 0.5) is 8.78 Å². The summed E-state index contributed by atoms with van der Waals surface area (Å²) in [5.41, 5.74) is 2.37. The summed E-state index contributed by atoms with van der Waals surface area (Å²) < 4.78 is 26.7. The monoisotopic (exact) mass is 511 g/mol. The van der Waals surface area contributed by atoms with E-state index in [0.717, 1.165) is 4.57 Å². The second kappa shape index (κ2) is 11.5. The molecule has 1 heterocycles. The minimum Gasteiger partial charge on any atom is -0.355 e. The van der Waals surface area contributed by atoms with Crippen molar-refractivity contribution in [2.24, 2.45) is 4.99 Å². The van der Waals surface area contributed by atoms with Gasteiger partial charge in [0.1, 0.15) is 5.82 Å². The van der Waals surface area contributed by atoms with Gasteiger partial charge in [-0.1, -0.05) is 60.7 Å². The van der Waals surface area contributed by atoms with Crippen molar-refractivity contribution in [1.29, 1.82) is 0 Å². The molecule has 3 rings (SSSR count). The molecule has 0 amide bonds. The molecule has 0 spiro atoms. The highest BCUT2D eigenvalue weighted by Crippen LogP contribution is 2.23. The first-order valence-electron chi connectivity index (χ1n) is 9.03. The lowest BCUT2D eigenvalue weighted by molar-refractivity contribution is 0.0668. The van der Waals surface area contributed by atoms with Gasteiger partial charge in [-0.05, 0) is 11.1 Å². The van der Waals surface area contributed by atoms with Crippen molar-refractivity contribution in [2.45, 2.75) is 19.0 Å². The number of guanidine groups is 1. The van der Waals surface area contributed by atoms with Gasteiger partial charge in [0.05, 0.1) is 6.54 Å². The molecule has 0 bridgehead atoms. The van der Waals surface area contributed by atoms with Gasteiger partial charge in [-0.25, -0.2) is 4.98 Å². The molecule has 0 atom stereocenters. The summed E-state index contributed by atoms with van der Waals surface area (Å²) in [6.45, 7) is -1.86. The number of hydrogen-bond acceptors (Lipinski definition) is 2. The SMILES string of the molecule is CN=C(NCc1nccn1C(F)F)NCC(c1ccccc1)c1ccccc1.I. The van der Waals surface area contributed by atoms with E-state index in [0.29, 0.717) is 12.5 Å². The molecule has 0 aliphatic carbocycles. The number of imidazole rings is 1. The van der Waals surface area contributed by atoms with Crippen molar-refractivity contribution >= 4 is 29.9 Å². The van der Waals surface area contributed by atoms with Crippen LogP contribution in [0.15, 0.2) is 78.0 Å². The topological polar surface area (TPSA) is 54.2 Å². The van der Waals surface area contributed by atoms with Crippen molar-refractivity contribution in [3.8, 4) is 0 Å². The van der Waals surface area contributed by atoms with Crippen LogP contribution in [-0.2, 0) is 6.54 Å². The molecule has 0 unspecified atom stereocenters. The van der Waals surface area contributed by atoms with E-state index in [4.69, 9.17) is 0 Å². The lowest BCUT2D eigenvalue weighted by Crippen LogP contribution is -2.39. The second-order valence-electron chi connectivity index (χ2n) is 6.21. The fourth-order valence-electron chi connectivity index (χ4n) is 3.04. The number of alkyl halides is 2. The number of nitrogens with one attached hydrogen (secondary N) is 2. The quantitative estimate of drug-likeness (QED) is 0.281. The van der Waals surface area contributed by atoms with Gasteiger partial charge in [0.15, 0.2) is 5.96 Å². The summed E-state index contributed by atoms with van der Waals surface area (Å²) >= 11 is 0. The Morgan fingerprint density at radius 1 is 1.00 bits per heavy atom. The van der Waals surface area contributed by atoms with Crippen LogP contribution in [0, 0.1) is 0 Å². The summed E-state index contributed by atoms with van der Waals surface area (Å²) in [4.78, 5) is 8.16. The normalized spacial score (nSPS) is 11.4. The molecule has 0 radical (unpaired) electrons. The maximum absolute atomic E-state index is 12.9. The van der Waals surface area contributed by atoms with E-state index in [1.54, 1.807) is 7.05 Å². The van der Waals surface area contributed by atoms with Crippen LogP contribution in [-0.4, -0.2) is 29.1 Å². The molecule has 0 saturated heterocycles. The number of aromatic nitrogens is 2. The van der Waals surface area contributed by atoms with Gasteiger partial charge in [0.2, 0.25) is 0 Å². The number of nitrogens with zero attached hydrogens (tertiary/aromatic N) is 3. The predicted octanol–water partition coefficient (Wildman–Crippen LogP) is 4.39. The number of hydrogen-bond donors (Lipinski definition) is 2. The van der Waals surface area contributed by atoms with E-state index in [-0.39, 0.29) is 42.3 Å². The molecule has 2 N–H and O–H groups in total. The highest BCUT2D eigenvalue weighted by molar-refractivity contribution is 14.0. The van der Waals surface area contributed by atoms with Gasteiger partial charge >= 0.3 is 6.55 Å². The molecular weight excluding hydrogens is 487 g/mol. The van der Waals surface area contributed by atoms with Crippen LogP contribution < -0.4 is 10.6 Å². The Balaban J connectivity index is 0.00000300. The maximum atomic E-state index is 12.9. The van der Waals surface area contributed by atoms with Crippen molar-refractivity contribution in [2.75, 3.05) is 13.6 Å². The van der Waals surface area contributed by atoms with Crippen LogP contribution >= 0.6 is 24.0 Å². The van der Waals surface area contributed by atoms with Crippen LogP contribution in [0.2, 0.25) is 0 Å². The van der Waals surface area contributed by atoms with Crippen molar-refractivity contribution in [3.63, 3.8) is 0 Å². The van der Waals surface area contributed by atoms with Crippen LogP contribution in [0.3, 0.4) is 0 Å². The summed E-state index contributed by atoms with van der Waals surface area (Å²) in [7, 11) is 1.65. The average molecular weight is 511 g/mol. The number of benzene rings is 2. The lowest BCUT2D eigenvalue weighted by atomic mass is 9.91. The van der Waals surface area contributed by atoms with E-state index in [1.807, 2.05) is 36.4 Å². The minimum absolute atomic E-state index is 0. The molecule has 0 aliphatic heterocycles. The standard InChI is InChI=1S/C21H23F2N5.HI/c1-24-21(27-15-19-25-12-13-28(19)20(22)23)26-14-18(16-8-4-2-5-9-16)17-10-6-3-7-11-17;/h2-13,18,20H,14-15H2,1H3,(H2,24,26,27);1H. The van der Waals surface area contributed by atoms with Crippen molar-refractivity contribution in [3.05, 3.63) is 90.0 Å². The summed E-state index contributed by atoms with van der Waals surface area (Å²) in [6.07, 6.45) is 2.62. The molecular formula is C21H24F2IN5. The fourth-order valence-corrected chi connectivity index (χ4v) is 3.04. The first-order chi connectivity index (χ1) is 13.7. The summed E-state index contributed by atoms with van der Waals surface area (Å²) in [5, 5.41) is 6.34. The Kier molecular flexibility index (Phi) is 9.04. The Hall–Kier alpha value is -2.49. The Morgan fingerprint density at radius 2 is 1.59 bits per heavy atom. The third kappa shape index (κ3) is 6.25. The maximum Gasteiger partial charge on any atom is 0.319 e. The van der Waals surface area contributed by atoms with Gasteiger partial charge in [0, 0.05) is 31.9 Å². The van der Waals surface area contributed by atoms with E-state index < -0.39 is 6.55 Å². The highest BCUT2D eigenvalue weighted by atomic mass is 127. The van der Waals surface area contributed by atoms with Crippen LogP contribution in [0.5, 0.6) is 0 Å². The number of rotatable bonds is 7. The van der Waals surface area contributed by atoms with Gasteiger partial charge in [-0.15, -0.1) is 24.0 Å². The molecule has 0 aliphatic rings. The largest absolute Gasteiger partial charge is 0.355 e. The lowest BCUT2D eigenvalue weighted by Gasteiger charge is -2.20. The Labute approximate surface area is 186 Å². The second-order valence-corrected chi connectivity index (χ2v) is 6.21. The molecule has 2 aromatic carbocycles. The van der Waals surface area contributed by atoms with Crippen molar-refractivity contribution < 1.29 is 8.78 Å². The van der Waals surface area contributed by atoms with Gasteiger partial charge in [-0.3, -0.25) is 9.56 Å². The Morgan fingerprint density at radius 3 is 2.10 bits per heavy atom. The minimum atomic E-state index is -2.62. The number of halogens is 3. The molecule has 8 heteroatoms. The molecule has 5 nitrogen and oxygen atoms in total. The first kappa shape index (κ1) is 22.8. The van der Waals surface area contributed by atoms with E-state index in [2.05, 4.69) is 44.9 Å². The molecule has 154 valence electrons.